The molecule has 0 aliphatic rings. The van der Waals surface area contributed by atoms with Gasteiger partial charge in [-0.1, -0.05) is 6.07 Å². The van der Waals surface area contributed by atoms with Crippen molar-refractivity contribution in [2.45, 2.75) is 6.54 Å². The monoisotopic (exact) mass is 368 g/mol. The smallest absolute Gasteiger partial charge is 0.262 e. The molecule has 0 spiro atoms. The molecular weight excluding hydrogens is 344 g/mol. The number of nitrogens with zero attached hydrogens (tertiary/aromatic N) is 2. The van der Waals surface area contributed by atoms with E-state index in [9.17, 15) is 4.79 Å². The Kier molecular flexibility index (Phi) is 5.37. The van der Waals surface area contributed by atoms with E-state index in [0.29, 0.717) is 22.8 Å². The van der Waals surface area contributed by atoms with Gasteiger partial charge in [0.2, 0.25) is 5.75 Å². The van der Waals surface area contributed by atoms with Crippen LogP contribution in [0.25, 0.3) is 10.9 Å². The molecule has 6 nitrogen and oxygen atoms in total. The molecule has 0 radical (unpaired) electrons. The Morgan fingerprint density at radius 3 is 2.19 bits per heavy atom. The van der Waals surface area contributed by atoms with Gasteiger partial charge in [0.25, 0.3) is 5.91 Å². The predicted octanol–water partition coefficient (Wildman–Crippen LogP) is 3.42. The first-order valence-corrected chi connectivity index (χ1v) is 8.58. The lowest BCUT2D eigenvalue weighted by molar-refractivity contribution is 0.0964. The first kappa shape index (κ1) is 18.8. The fourth-order valence-electron chi connectivity index (χ4n) is 3.18. The van der Waals surface area contributed by atoms with Crippen LogP contribution in [0.15, 0.2) is 42.6 Å². The molecule has 0 atom stereocenters. The SMILES string of the molecule is COc1cc(C(=O)n2ccc3cc(CN(C)C)ccc32)cc(OC)c1OC. The largest absolute Gasteiger partial charge is 0.493 e. The lowest BCUT2D eigenvalue weighted by Gasteiger charge is -2.14. The summed E-state index contributed by atoms with van der Waals surface area (Å²) in [5.74, 6) is 1.20. The van der Waals surface area contributed by atoms with E-state index in [1.54, 1.807) is 22.9 Å². The minimum Gasteiger partial charge on any atom is -0.493 e. The maximum atomic E-state index is 13.1. The van der Waals surface area contributed by atoms with E-state index in [4.69, 9.17) is 14.2 Å². The molecule has 0 unspecified atom stereocenters. The van der Waals surface area contributed by atoms with Gasteiger partial charge in [0, 0.05) is 23.7 Å². The zero-order chi connectivity index (χ0) is 19.6. The zero-order valence-corrected chi connectivity index (χ0v) is 16.3. The highest BCUT2D eigenvalue weighted by Gasteiger charge is 2.19. The van der Waals surface area contributed by atoms with Crippen LogP contribution >= 0.6 is 0 Å². The third-order valence-corrected chi connectivity index (χ3v) is 4.38. The van der Waals surface area contributed by atoms with Gasteiger partial charge in [-0.3, -0.25) is 9.36 Å². The van der Waals surface area contributed by atoms with Gasteiger partial charge in [-0.15, -0.1) is 0 Å². The Morgan fingerprint density at radius 2 is 1.63 bits per heavy atom. The molecule has 142 valence electrons. The normalized spacial score (nSPS) is 11.0. The fourth-order valence-corrected chi connectivity index (χ4v) is 3.18. The molecule has 0 N–H and O–H groups in total. The molecule has 0 saturated heterocycles. The maximum absolute atomic E-state index is 13.1. The van der Waals surface area contributed by atoms with E-state index in [2.05, 4.69) is 11.0 Å². The van der Waals surface area contributed by atoms with Gasteiger partial charge in [0.1, 0.15) is 0 Å². The molecule has 0 aliphatic carbocycles. The van der Waals surface area contributed by atoms with E-state index in [1.807, 2.05) is 32.3 Å². The second kappa shape index (κ2) is 7.72. The molecule has 6 heteroatoms. The lowest BCUT2D eigenvalue weighted by Crippen LogP contribution is -2.12. The summed E-state index contributed by atoms with van der Waals surface area (Å²) < 4.78 is 17.7. The Morgan fingerprint density at radius 1 is 0.963 bits per heavy atom. The van der Waals surface area contributed by atoms with Gasteiger partial charge in [-0.05, 0) is 50.0 Å². The van der Waals surface area contributed by atoms with Crippen LogP contribution in [0.1, 0.15) is 15.9 Å². The number of fused-ring (bicyclic) bond motifs is 1. The minimum atomic E-state index is -0.162. The molecule has 0 bridgehead atoms. The maximum Gasteiger partial charge on any atom is 0.262 e. The number of benzene rings is 2. The summed E-state index contributed by atoms with van der Waals surface area (Å²) in [7, 11) is 8.66. The van der Waals surface area contributed by atoms with Gasteiger partial charge >= 0.3 is 0 Å². The Bertz CT molecular complexity index is 950. The molecule has 0 saturated carbocycles. The summed E-state index contributed by atoms with van der Waals surface area (Å²) in [4.78, 5) is 15.2. The number of carbonyl (C=O) groups excluding carboxylic acids is 1. The highest BCUT2D eigenvalue weighted by molar-refractivity contribution is 6.03. The topological polar surface area (TPSA) is 52.9 Å². The molecule has 0 aliphatic heterocycles. The van der Waals surface area contributed by atoms with Gasteiger partial charge in [0.05, 0.1) is 26.8 Å². The number of rotatable bonds is 6. The number of hydrogen-bond acceptors (Lipinski definition) is 5. The molecule has 1 aromatic heterocycles. The molecular formula is C21H24N2O4. The average molecular weight is 368 g/mol. The first-order chi connectivity index (χ1) is 13.0. The number of methoxy groups -OCH3 is 3. The van der Waals surface area contributed by atoms with Crippen LogP contribution in [0, 0.1) is 0 Å². The third-order valence-electron chi connectivity index (χ3n) is 4.38. The zero-order valence-electron chi connectivity index (χ0n) is 16.3. The highest BCUT2D eigenvalue weighted by Crippen LogP contribution is 2.38. The van der Waals surface area contributed by atoms with Crippen molar-refractivity contribution in [3.8, 4) is 17.2 Å². The second-order valence-corrected chi connectivity index (χ2v) is 6.54. The van der Waals surface area contributed by atoms with E-state index >= 15 is 0 Å². The van der Waals surface area contributed by atoms with E-state index < -0.39 is 0 Å². The standard InChI is InChI=1S/C21H24N2O4/c1-22(2)13-14-6-7-17-15(10-14)8-9-23(17)21(24)16-11-18(25-3)20(27-5)19(12-16)26-4/h6-12H,13H2,1-5H3. The van der Waals surface area contributed by atoms with Crippen LogP contribution in [-0.2, 0) is 6.54 Å². The van der Waals surface area contributed by atoms with Gasteiger partial charge in [-0.2, -0.15) is 0 Å². The second-order valence-electron chi connectivity index (χ2n) is 6.54. The minimum absolute atomic E-state index is 0.162. The van der Waals surface area contributed by atoms with Crippen LogP contribution in [0.2, 0.25) is 0 Å². The van der Waals surface area contributed by atoms with Gasteiger partial charge in [0.15, 0.2) is 11.5 Å². The number of ether oxygens (including phenoxy) is 3. The van der Waals surface area contributed by atoms with Crippen molar-refractivity contribution in [2.24, 2.45) is 0 Å². The van der Waals surface area contributed by atoms with Crippen molar-refractivity contribution in [3.63, 3.8) is 0 Å². The fraction of sp³-hybridized carbons (Fsp3) is 0.286. The molecule has 27 heavy (non-hydrogen) atoms. The van der Waals surface area contributed by atoms with Crippen LogP contribution in [-0.4, -0.2) is 50.8 Å². The lowest BCUT2D eigenvalue weighted by atomic mass is 10.1. The van der Waals surface area contributed by atoms with E-state index in [1.165, 1.54) is 26.9 Å². The summed E-state index contributed by atoms with van der Waals surface area (Å²) in [6.07, 6.45) is 1.79. The average Bonchev–Trinajstić information content (AvgIpc) is 3.08. The van der Waals surface area contributed by atoms with Crippen molar-refractivity contribution in [3.05, 3.63) is 53.7 Å². The Balaban J connectivity index is 2.03. The summed E-state index contributed by atoms with van der Waals surface area (Å²) in [5.41, 5.74) is 2.51. The molecule has 3 rings (SSSR count). The summed E-state index contributed by atoms with van der Waals surface area (Å²) in [5, 5.41) is 1.02. The van der Waals surface area contributed by atoms with Gasteiger partial charge in [-0.25, -0.2) is 0 Å². The van der Waals surface area contributed by atoms with Crippen molar-refractivity contribution < 1.29 is 19.0 Å². The summed E-state index contributed by atoms with van der Waals surface area (Å²) in [6, 6.07) is 11.4. The first-order valence-electron chi connectivity index (χ1n) is 8.58. The Hall–Kier alpha value is -2.99. The highest BCUT2D eigenvalue weighted by atomic mass is 16.5. The van der Waals surface area contributed by atoms with Crippen molar-refractivity contribution >= 4 is 16.8 Å². The van der Waals surface area contributed by atoms with Crippen LogP contribution in [0.3, 0.4) is 0 Å². The van der Waals surface area contributed by atoms with Crippen molar-refractivity contribution in [1.82, 2.24) is 9.47 Å². The van der Waals surface area contributed by atoms with E-state index in [-0.39, 0.29) is 5.91 Å². The molecule has 2 aromatic carbocycles. The summed E-state index contributed by atoms with van der Waals surface area (Å²) >= 11 is 0. The predicted molar refractivity (Wildman–Crippen MR) is 105 cm³/mol. The van der Waals surface area contributed by atoms with Crippen molar-refractivity contribution in [2.75, 3.05) is 35.4 Å². The number of carbonyl (C=O) groups is 1. The molecule has 0 fully saturated rings. The van der Waals surface area contributed by atoms with Crippen LogP contribution in [0.4, 0.5) is 0 Å². The number of hydrogen-bond donors (Lipinski definition) is 0. The number of aromatic nitrogens is 1. The van der Waals surface area contributed by atoms with Crippen molar-refractivity contribution in [1.29, 1.82) is 0 Å². The third kappa shape index (κ3) is 3.61. The Labute approximate surface area is 158 Å². The molecule has 3 aromatic rings. The quantitative estimate of drug-likeness (QED) is 0.667. The van der Waals surface area contributed by atoms with E-state index in [0.717, 1.165) is 17.4 Å². The molecule has 1 heterocycles. The van der Waals surface area contributed by atoms with Gasteiger partial charge < -0.3 is 19.1 Å². The van der Waals surface area contributed by atoms with Crippen LogP contribution < -0.4 is 14.2 Å². The summed E-state index contributed by atoms with van der Waals surface area (Å²) in [6.45, 7) is 0.849. The van der Waals surface area contributed by atoms with Crippen LogP contribution in [0.5, 0.6) is 17.2 Å². The molecule has 0 amide bonds.